The van der Waals surface area contributed by atoms with Gasteiger partial charge in [-0.25, -0.2) is 0 Å². The van der Waals surface area contributed by atoms with Crippen LogP contribution in [0.3, 0.4) is 0 Å². The largest absolute Gasteiger partial charge is 0.311 e. The molecule has 3 aromatic rings. The number of carbonyl (C=O) groups is 1. The third-order valence-corrected chi connectivity index (χ3v) is 5.54. The molecule has 4 heteroatoms. The van der Waals surface area contributed by atoms with Crippen LogP contribution in [0.1, 0.15) is 22.0 Å². The Morgan fingerprint density at radius 2 is 1.84 bits per heavy atom. The number of hydrogen-bond donors (Lipinski definition) is 1. The number of anilines is 1. The highest BCUT2D eigenvalue weighted by atomic mass is 32.1. The van der Waals surface area contributed by atoms with Gasteiger partial charge in [0.05, 0.1) is 12.6 Å². The number of amides is 1. The van der Waals surface area contributed by atoms with Crippen LogP contribution in [-0.4, -0.2) is 19.0 Å². The molecule has 25 heavy (non-hydrogen) atoms. The van der Waals surface area contributed by atoms with Gasteiger partial charge in [0.25, 0.3) is 0 Å². The van der Waals surface area contributed by atoms with Gasteiger partial charge in [-0.2, -0.15) is 0 Å². The van der Waals surface area contributed by atoms with Crippen LogP contribution >= 0.6 is 11.3 Å². The predicted octanol–water partition coefficient (Wildman–Crippen LogP) is 4.02. The first-order valence-electron chi connectivity index (χ1n) is 8.53. The normalized spacial score (nSPS) is 14.3. The Balaban J connectivity index is 1.50. The average molecular weight is 348 g/mol. The lowest BCUT2D eigenvalue weighted by molar-refractivity contribution is -0.117. The molecule has 0 spiro atoms. The first-order chi connectivity index (χ1) is 12.3. The van der Waals surface area contributed by atoms with Crippen molar-refractivity contribution in [3.05, 3.63) is 88.1 Å². The molecule has 126 valence electrons. The van der Waals surface area contributed by atoms with Crippen LogP contribution in [0.2, 0.25) is 0 Å². The van der Waals surface area contributed by atoms with E-state index in [0.29, 0.717) is 6.54 Å². The van der Waals surface area contributed by atoms with E-state index in [4.69, 9.17) is 0 Å². The number of nitrogens with zero attached hydrogens (tertiary/aromatic N) is 1. The number of para-hydroxylation sites is 1. The summed E-state index contributed by atoms with van der Waals surface area (Å²) in [5.74, 6) is 0.127. The summed E-state index contributed by atoms with van der Waals surface area (Å²) in [6.07, 6.45) is 0.939. The summed E-state index contributed by atoms with van der Waals surface area (Å²) in [7, 11) is 0. The molecule has 0 radical (unpaired) electrons. The quantitative estimate of drug-likeness (QED) is 0.755. The fraction of sp³-hybridized carbons (Fsp3) is 0.190. The maximum Gasteiger partial charge on any atom is 0.240 e. The highest BCUT2D eigenvalue weighted by Gasteiger charge is 2.25. The van der Waals surface area contributed by atoms with Crippen molar-refractivity contribution in [3.8, 4) is 0 Å². The predicted molar refractivity (Wildman–Crippen MR) is 103 cm³/mol. The summed E-state index contributed by atoms with van der Waals surface area (Å²) in [6.45, 7) is 1.10. The van der Waals surface area contributed by atoms with E-state index in [0.717, 1.165) is 18.7 Å². The fourth-order valence-electron chi connectivity index (χ4n) is 3.37. The minimum Gasteiger partial charge on any atom is -0.311 e. The number of carbonyl (C=O) groups excluding carboxylic acids is 1. The SMILES string of the molecule is O=C(CN[C@H](c1ccccc1)c1cccs1)N1CCc2ccccc21. The zero-order valence-corrected chi connectivity index (χ0v) is 14.7. The average Bonchev–Trinajstić information content (AvgIpc) is 3.32. The van der Waals surface area contributed by atoms with Crippen LogP contribution in [0, 0.1) is 0 Å². The Bertz CT molecular complexity index is 845. The molecule has 0 saturated heterocycles. The molecule has 0 unspecified atom stereocenters. The molecule has 0 aliphatic carbocycles. The Kier molecular flexibility index (Phi) is 4.63. The molecule has 1 atom stereocenters. The summed E-state index contributed by atoms with van der Waals surface area (Å²) in [5, 5.41) is 5.54. The molecule has 0 bridgehead atoms. The van der Waals surface area contributed by atoms with Crippen LogP contribution in [0.15, 0.2) is 72.1 Å². The van der Waals surface area contributed by atoms with Crippen LogP contribution in [-0.2, 0) is 11.2 Å². The van der Waals surface area contributed by atoms with Crippen molar-refractivity contribution in [2.75, 3.05) is 18.0 Å². The zero-order chi connectivity index (χ0) is 17.1. The van der Waals surface area contributed by atoms with Gasteiger partial charge in [0.1, 0.15) is 0 Å². The van der Waals surface area contributed by atoms with E-state index < -0.39 is 0 Å². The minimum absolute atomic E-state index is 0.0444. The maximum atomic E-state index is 12.8. The van der Waals surface area contributed by atoms with E-state index in [1.807, 2.05) is 41.3 Å². The van der Waals surface area contributed by atoms with Gasteiger partial charge in [0.2, 0.25) is 5.91 Å². The van der Waals surface area contributed by atoms with Crippen LogP contribution in [0.5, 0.6) is 0 Å². The molecule has 0 fully saturated rings. The third kappa shape index (κ3) is 3.36. The van der Waals surface area contributed by atoms with Gasteiger partial charge in [0.15, 0.2) is 0 Å². The monoisotopic (exact) mass is 348 g/mol. The number of nitrogens with one attached hydrogen (secondary N) is 1. The molecular weight excluding hydrogens is 328 g/mol. The molecule has 4 rings (SSSR count). The summed E-state index contributed by atoms with van der Waals surface area (Å²) >= 11 is 1.71. The summed E-state index contributed by atoms with van der Waals surface area (Å²) in [4.78, 5) is 15.9. The first-order valence-corrected chi connectivity index (χ1v) is 9.41. The standard InChI is InChI=1S/C21H20N2OS/c24-20(23-13-12-16-7-4-5-10-18(16)23)15-22-21(19-11-6-14-25-19)17-8-2-1-3-9-17/h1-11,14,21-22H,12-13,15H2/t21-/m1/s1. The van der Waals surface area contributed by atoms with E-state index in [9.17, 15) is 4.79 Å². The lowest BCUT2D eigenvalue weighted by Gasteiger charge is -2.21. The molecule has 1 aliphatic rings. The molecule has 1 amide bonds. The Labute approximate surface area is 151 Å². The topological polar surface area (TPSA) is 32.3 Å². The molecule has 3 nitrogen and oxygen atoms in total. The number of thiophene rings is 1. The van der Waals surface area contributed by atoms with Crippen molar-refractivity contribution in [1.29, 1.82) is 0 Å². The van der Waals surface area contributed by atoms with E-state index in [2.05, 4.69) is 41.0 Å². The maximum absolute atomic E-state index is 12.8. The van der Waals surface area contributed by atoms with Crippen LogP contribution in [0.25, 0.3) is 0 Å². The molecule has 1 N–H and O–H groups in total. The highest BCUT2D eigenvalue weighted by molar-refractivity contribution is 7.10. The zero-order valence-electron chi connectivity index (χ0n) is 13.9. The van der Waals surface area contributed by atoms with E-state index in [-0.39, 0.29) is 11.9 Å². The van der Waals surface area contributed by atoms with Gasteiger partial charge in [-0.15, -0.1) is 11.3 Å². The number of rotatable bonds is 5. The van der Waals surface area contributed by atoms with E-state index in [1.54, 1.807) is 11.3 Å². The molecule has 2 aromatic carbocycles. The van der Waals surface area contributed by atoms with Gasteiger partial charge in [-0.1, -0.05) is 54.6 Å². The lowest BCUT2D eigenvalue weighted by atomic mass is 10.1. The van der Waals surface area contributed by atoms with Crippen molar-refractivity contribution in [3.63, 3.8) is 0 Å². The van der Waals surface area contributed by atoms with Gasteiger partial charge in [-0.3, -0.25) is 10.1 Å². The Hall–Kier alpha value is -2.43. The third-order valence-electron chi connectivity index (χ3n) is 4.61. The number of fused-ring (bicyclic) bond motifs is 1. The first kappa shape index (κ1) is 16.1. The highest BCUT2D eigenvalue weighted by Crippen LogP contribution is 2.28. The molecule has 2 heterocycles. The number of hydrogen-bond acceptors (Lipinski definition) is 3. The molecular formula is C21H20N2OS. The summed E-state index contributed by atoms with van der Waals surface area (Å²) in [5.41, 5.74) is 3.50. The van der Waals surface area contributed by atoms with E-state index >= 15 is 0 Å². The molecule has 1 aromatic heterocycles. The smallest absolute Gasteiger partial charge is 0.240 e. The van der Waals surface area contributed by atoms with E-state index in [1.165, 1.54) is 16.0 Å². The number of benzene rings is 2. The lowest BCUT2D eigenvalue weighted by Crippen LogP contribution is -2.38. The van der Waals surface area contributed by atoms with Crippen LogP contribution in [0.4, 0.5) is 5.69 Å². The van der Waals surface area contributed by atoms with Crippen molar-refractivity contribution < 1.29 is 4.79 Å². The Morgan fingerprint density at radius 3 is 2.64 bits per heavy atom. The van der Waals surface area contributed by atoms with Gasteiger partial charge in [0, 0.05) is 17.1 Å². The second-order valence-corrected chi connectivity index (χ2v) is 7.14. The minimum atomic E-state index is 0.0444. The van der Waals surface area contributed by atoms with Crippen molar-refractivity contribution >= 4 is 22.9 Å². The fourth-order valence-corrected chi connectivity index (χ4v) is 4.19. The second kappa shape index (κ2) is 7.21. The summed E-state index contributed by atoms with van der Waals surface area (Å²) in [6, 6.07) is 22.7. The van der Waals surface area contributed by atoms with Crippen molar-refractivity contribution in [1.82, 2.24) is 5.32 Å². The van der Waals surface area contributed by atoms with Gasteiger partial charge < -0.3 is 4.90 Å². The van der Waals surface area contributed by atoms with Crippen molar-refractivity contribution in [2.45, 2.75) is 12.5 Å². The van der Waals surface area contributed by atoms with Gasteiger partial charge in [-0.05, 0) is 35.1 Å². The summed E-state index contributed by atoms with van der Waals surface area (Å²) < 4.78 is 0. The van der Waals surface area contributed by atoms with Crippen LogP contribution < -0.4 is 10.2 Å². The molecule has 0 saturated carbocycles. The second-order valence-electron chi connectivity index (χ2n) is 6.16. The Morgan fingerprint density at radius 1 is 1.04 bits per heavy atom. The van der Waals surface area contributed by atoms with Crippen molar-refractivity contribution in [2.24, 2.45) is 0 Å². The molecule has 1 aliphatic heterocycles. The van der Waals surface area contributed by atoms with Gasteiger partial charge >= 0.3 is 0 Å².